The zero-order valence-electron chi connectivity index (χ0n) is 8.26. The maximum atomic E-state index is 11.1. The van der Waals surface area contributed by atoms with Gasteiger partial charge >= 0.3 is 0 Å². The third-order valence-electron chi connectivity index (χ3n) is 0.925. The van der Waals surface area contributed by atoms with E-state index < -0.39 is 31.4 Å². The molecule has 0 aromatic heterocycles. The summed E-state index contributed by atoms with van der Waals surface area (Å²) >= 11 is 0. The van der Waals surface area contributed by atoms with Crippen LogP contribution in [0.15, 0.2) is 0 Å². The van der Waals surface area contributed by atoms with Crippen LogP contribution in [0.1, 0.15) is 20.8 Å². The summed E-state index contributed by atoms with van der Waals surface area (Å²) in [6, 6.07) is 0. The Morgan fingerprint density at radius 3 is 1.93 bits per heavy atom. The van der Waals surface area contributed by atoms with E-state index in [4.69, 9.17) is 0 Å². The van der Waals surface area contributed by atoms with Crippen molar-refractivity contribution in [3.63, 3.8) is 0 Å². The molecule has 0 aliphatic carbocycles. The average molecular weight is 246 g/mol. The van der Waals surface area contributed by atoms with E-state index in [-0.39, 0.29) is 6.61 Å². The normalized spacial score (nSPS) is 13.4. The lowest BCUT2D eigenvalue weighted by atomic mass is 10.5. The summed E-state index contributed by atoms with van der Waals surface area (Å²) in [5.74, 6) is 0. The maximum Gasteiger partial charge on any atom is 0.284 e. The van der Waals surface area contributed by atoms with E-state index in [0.717, 1.165) is 0 Å². The van der Waals surface area contributed by atoms with E-state index in [1.165, 1.54) is 20.8 Å². The Kier molecular flexibility index (Phi) is 4.99. The first-order valence-electron chi connectivity index (χ1n) is 3.96. The van der Waals surface area contributed by atoms with Gasteiger partial charge in [-0.3, -0.25) is 8.37 Å². The van der Waals surface area contributed by atoms with Gasteiger partial charge in [0.05, 0.1) is 12.7 Å². The van der Waals surface area contributed by atoms with E-state index in [0.29, 0.717) is 0 Å². The van der Waals surface area contributed by atoms with Crippen LogP contribution in [0.5, 0.6) is 0 Å². The predicted molar refractivity (Wildman–Crippen MR) is 50.6 cm³/mol. The molecule has 14 heavy (non-hydrogen) atoms. The fourth-order valence-corrected chi connectivity index (χ4v) is 3.57. The second-order valence-electron chi connectivity index (χ2n) is 2.78. The molecular formula is C6H14O6S2. The molecule has 0 aliphatic rings. The van der Waals surface area contributed by atoms with Crippen LogP contribution in [-0.4, -0.2) is 34.6 Å². The van der Waals surface area contributed by atoms with E-state index in [9.17, 15) is 16.8 Å². The van der Waals surface area contributed by atoms with Gasteiger partial charge in [0, 0.05) is 0 Å². The Balaban J connectivity index is 4.52. The van der Waals surface area contributed by atoms with E-state index in [1.807, 2.05) is 0 Å². The highest BCUT2D eigenvalue weighted by Gasteiger charge is 2.24. The van der Waals surface area contributed by atoms with Gasteiger partial charge in [0.1, 0.15) is 0 Å². The highest BCUT2D eigenvalue weighted by molar-refractivity contribution is 8.03. The quantitative estimate of drug-likeness (QED) is 0.616. The van der Waals surface area contributed by atoms with Crippen LogP contribution in [0.3, 0.4) is 0 Å². The number of hydrogen-bond acceptors (Lipinski definition) is 6. The van der Waals surface area contributed by atoms with E-state index in [2.05, 4.69) is 8.37 Å². The molecule has 0 radical (unpaired) electrons. The van der Waals surface area contributed by atoms with Crippen molar-refractivity contribution in [1.29, 1.82) is 0 Å². The Morgan fingerprint density at radius 1 is 1.07 bits per heavy atom. The second kappa shape index (κ2) is 5.06. The largest absolute Gasteiger partial charge is 0.284 e. The summed E-state index contributed by atoms with van der Waals surface area (Å²) < 4.78 is 52.7. The molecule has 0 fully saturated rings. The van der Waals surface area contributed by atoms with Gasteiger partial charge in [-0.2, -0.15) is 16.8 Å². The average Bonchev–Trinajstić information content (AvgIpc) is 1.78. The Hall–Kier alpha value is -0.180. The van der Waals surface area contributed by atoms with Gasteiger partial charge in [-0.1, -0.05) is 0 Å². The van der Waals surface area contributed by atoms with Crippen molar-refractivity contribution in [3.05, 3.63) is 0 Å². The fourth-order valence-electron chi connectivity index (χ4n) is 0.711. The molecule has 0 bridgehead atoms. The zero-order valence-corrected chi connectivity index (χ0v) is 9.89. The SMILES string of the molecule is CCOS(=O)(=O)CS(=O)(=O)OC(C)C. The molecule has 0 N–H and O–H groups in total. The molecule has 0 unspecified atom stereocenters. The van der Waals surface area contributed by atoms with Crippen LogP contribution in [0.2, 0.25) is 0 Å². The van der Waals surface area contributed by atoms with Crippen molar-refractivity contribution < 1.29 is 25.2 Å². The Morgan fingerprint density at radius 2 is 1.57 bits per heavy atom. The minimum absolute atomic E-state index is 0.0977. The minimum Gasteiger partial charge on any atom is -0.270 e. The molecule has 0 aliphatic heterocycles. The molecule has 0 rings (SSSR count). The van der Waals surface area contributed by atoms with Gasteiger partial charge in [0.2, 0.25) is 5.08 Å². The zero-order chi connectivity index (χ0) is 11.4. The van der Waals surface area contributed by atoms with Crippen LogP contribution in [0.25, 0.3) is 0 Å². The number of rotatable bonds is 6. The van der Waals surface area contributed by atoms with Crippen LogP contribution in [0, 0.1) is 0 Å². The summed E-state index contributed by atoms with van der Waals surface area (Å²) in [5.41, 5.74) is 0. The third-order valence-corrected chi connectivity index (χ3v) is 4.51. The second-order valence-corrected chi connectivity index (χ2v) is 6.39. The summed E-state index contributed by atoms with van der Waals surface area (Å²) in [6.45, 7) is 4.34. The van der Waals surface area contributed by atoms with Crippen molar-refractivity contribution in [2.45, 2.75) is 26.9 Å². The lowest BCUT2D eigenvalue weighted by Gasteiger charge is -2.08. The molecule has 0 amide bonds. The molecule has 0 saturated heterocycles. The van der Waals surface area contributed by atoms with Gasteiger partial charge in [-0.05, 0) is 20.8 Å². The predicted octanol–water partition coefficient (Wildman–Crippen LogP) is 0.0650. The van der Waals surface area contributed by atoms with Crippen molar-refractivity contribution in [2.24, 2.45) is 0 Å². The van der Waals surface area contributed by atoms with Crippen LogP contribution in [0.4, 0.5) is 0 Å². The van der Waals surface area contributed by atoms with Crippen molar-refractivity contribution in [2.75, 3.05) is 11.7 Å². The summed E-state index contributed by atoms with van der Waals surface area (Å²) in [7, 11) is -8.12. The molecular weight excluding hydrogens is 232 g/mol. The maximum absolute atomic E-state index is 11.1. The Labute approximate surface area is 84.5 Å². The molecule has 0 heterocycles. The molecule has 0 atom stereocenters. The van der Waals surface area contributed by atoms with E-state index >= 15 is 0 Å². The van der Waals surface area contributed by atoms with Crippen LogP contribution >= 0.6 is 0 Å². The van der Waals surface area contributed by atoms with Crippen molar-refractivity contribution in [1.82, 2.24) is 0 Å². The molecule has 0 aromatic rings. The van der Waals surface area contributed by atoms with Gasteiger partial charge in [-0.15, -0.1) is 0 Å². The summed E-state index contributed by atoms with van der Waals surface area (Å²) in [6.07, 6.45) is -0.586. The van der Waals surface area contributed by atoms with Crippen molar-refractivity contribution >= 4 is 20.2 Å². The smallest absolute Gasteiger partial charge is 0.270 e. The molecule has 86 valence electrons. The monoisotopic (exact) mass is 246 g/mol. The molecule has 8 heteroatoms. The first-order valence-corrected chi connectivity index (χ1v) is 7.12. The summed E-state index contributed by atoms with van der Waals surface area (Å²) in [4.78, 5) is 0. The lowest BCUT2D eigenvalue weighted by Crippen LogP contribution is -2.23. The lowest BCUT2D eigenvalue weighted by molar-refractivity contribution is 0.250. The minimum atomic E-state index is -4.07. The van der Waals surface area contributed by atoms with Crippen LogP contribution < -0.4 is 0 Å². The topological polar surface area (TPSA) is 86.7 Å². The Bertz CT molecular complexity index is 352. The molecule has 0 saturated carbocycles. The van der Waals surface area contributed by atoms with Crippen LogP contribution in [-0.2, 0) is 28.6 Å². The van der Waals surface area contributed by atoms with Gasteiger partial charge in [0.15, 0.2) is 0 Å². The number of hydrogen-bond donors (Lipinski definition) is 0. The highest BCUT2D eigenvalue weighted by Crippen LogP contribution is 2.05. The third kappa shape index (κ3) is 6.30. The fraction of sp³-hybridized carbons (Fsp3) is 1.00. The van der Waals surface area contributed by atoms with E-state index in [1.54, 1.807) is 0 Å². The summed E-state index contributed by atoms with van der Waals surface area (Å²) in [5, 5.41) is -1.15. The molecule has 6 nitrogen and oxygen atoms in total. The first kappa shape index (κ1) is 13.8. The highest BCUT2D eigenvalue weighted by atomic mass is 32.3. The van der Waals surface area contributed by atoms with Crippen molar-refractivity contribution in [3.8, 4) is 0 Å². The van der Waals surface area contributed by atoms with Gasteiger partial charge < -0.3 is 0 Å². The molecule has 0 aromatic carbocycles. The van der Waals surface area contributed by atoms with Gasteiger partial charge in [0.25, 0.3) is 20.2 Å². The standard InChI is InChI=1S/C6H14O6S2/c1-4-11-13(7,8)5-14(9,10)12-6(2)3/h6H,4-5H2,1-3H3. The molecule has 0 spiro atoms. The van der Waals surface area contributed by atoms with Gasteiger partial charge in [-0.25, -0.2) is 0 Å². The first-order chi connectivity index (χ1) is 6.18.